The number of rotatable bonds is 3. The fourth-order valence-electron chi connectivity index (χ4n) is 1.72. The summed E-state index contributed by atoms with van der Waals surface area (Å²) in [5.74, 6) is 0. The predicted octanol–water partition coefficient (Wildman–Crippen LogP) is 2.79. The largest absolute Gasteiger partial charge is 0.433 e. The summed E-state index contributed by atoms with van der Waals surface area (Å²) >= 11 is 0. The van der Waals surface area contributed by atoms with E-state index in [-0.39, 0.29) is 5.69 Å². The molecule has 1 N–H and O–H groups in total. The predicted molar refractivity (Wildman–Crippen MR) is 67.1 cm³/mol. The van der Waals surface area contributed by atoms with Crippen LogP contribution in [0.3, 0.4) is 0 Å². The number of anilines is 2. The molecule has 0 saturated heterocycles. The number of hydrogen-bond acceptors (Lipinski definition) is 5. The van der Waals surface area contributed by atoms with Gasteiger partial charge in [-0.3, -0.25) is 14.8 Å². The summed E-state index contributed by atoms with van der Waals surface area (Å²) in [6.07, 6.45) is -2.60. The lowest BCUT2D eigenvalue weighted by Gasteiger charge is -2.09. The molecule has 0 aromatic carbocycles. The van der Waals surface area contributed by atoms with Gasteiger partial charge in [-0.15, -0.1) is 0 Å². The zero-order chi connectivity index (χ0) is 15.8. The number of nitrogens with one attached hydrogen (secondary N) is 1. The standard InChI is InChI=1S/C11H10F3N5O2/c1-6-8(5-18(2)17-6)16-7-3-10(11(12,13)14)15-4-9(7)19(20)21/h3-5H,1-2H3,(H,15,16). The van der Waals surface area contributed by atoms with E-state index >= 15 is 0 Å². The molecule has 0 bridgehead atoms. The van der Waals surface area contributed by atoms with E-state index < -0.39 is 22.5 Å². The molecule has 7 nitrogen and oxygen atoms in total. The maximum absolute atomic E-state index is 12.6. The monoisotopic (exact) mass is 301 g/mol. The lowest BCUT2D eigenvalue weighted by molar-refractivity contribution is -0.384. The molecule has 0 spiro atoms. The van der Waals surface area contributed by atoms with Crippen molar-refractivity contribution in [1.82, 2.24) is 14.8 Å². The van der Waals surface area contributed by atoms with Crippen LogP contribution in [-0.4, -0.2) is 19.7 Å². The van der Waals surface area contributed by atoms with Crippen molar-refractivity contribution in [2.24, 2.45) is 7.05 Å². The van der Waals surface area contributed by atoms with Crippen molar-refractivity contribution >= 4 is 17.1 Å². The Labute approximate surface area is 116 Å². The highest BCUT2D eigenvalue weighted by molar-refractivity contribution is 5.70. The lowest BCUT2D eigenvalue weighted by Crippen LogP contribution is -2.09. The van der Waals surface area contributed by atoms with Crippen molar-refractivity contribution in [3.8, 4) is 0 Å². The number of pyridine rings is 1. The van der Waals surface area contributed by atoms with Gasteiger partial charge in [0.1, 0.15) is 17.6 Å². The molecule has 2 aromatic rings. The van der Waals surface area contributed by atoms with Gasteiger partial charge in [-0.2, -0.15) is 18.3 Å². The topological polar surface area (TPSA) is 85.9 Å². The first-order chi connectivity index (χ1) is 9.68. The third-order valence-electron chi connectivity index (χ3n) is 2.65. The van der Waals surface area contributed by atoms with Crippen molar-refractivity contribution in [3.05, 3.63) is 40.0 Å². The van der Waals surface area contributed by atoms with Gasteiger partial charge in [-0.25, -0.2) is 4.98 Å². The smallest absolute Gasteiger partial charge is 0.347 e. The maximum atomic E-state index is 12.6. The molecule has 0 amide bonds. The molecule has 0 unspecified atom stereocenters. The summed E-state index contributed by atoms with van der Waals surface area (Å²) in [6, 6.07) is 0.602. The summed E-state index contributed by atoms with van der Waals surface area (Å²) in [4.78, 5) is 13.2. The zero-order valence-corrected chi connectivity index (χ0v) is 11.0. The van der Waals surface area contributed by atoms with Crippen molar-refractivity contribution in [2.75, 3.05) is 5.32 Å². The second kappa shape index (κ2) is 5.04. The van der Waals surface area contributed by atoms with Crippen LogP contribution in [-0.2, 0) is 13.2 Å². The highest BCUT2D eigenvalue weighted by atomic mass is 19.4. The van der Waals surface area contributed by atoms with Crippen molar-refractivity contribution in [3.63, 3.8) is 0 Å². The van der Waals surface area contributed by atoms with Crippen LogP contribution < -0.4 is 5.32 Å². The van der Waals surface area contributed by atoms with Crippen molar-refractivity contribution < 1.29 is 18.1 Å². The Bertz CT molecular complexity index is 696. The average Bonchev–Trinajstić information content (AvgIpc) is 2.66. The van der Waals surface area contributed by atoms with E-state index in [0.717, 1.165) is 0 Å². The van der Waals surface area contributed by atoms with Gasteiger partial charge in [0.05, 0.1) is 16.3 Å². The molecule has 0 aliphatic heterocycles. The van der Waals surface area contributed by atoms with E-state index in [1.54, 1.807) is 14.0 Å². The molecule has 2 heterocycles. The first-order valence-corrected chi connectivity index (χ1v) is 5.67. The maximum Gasteiger partial charge on any atom is 0.433 e. The van der Waals surface area contributed by atoms with Crippen molar-refractivity contribution in [1.29, 1.82) is 0 Å². The SMILES string of the molecule is Cc1nn(C)cc1Nc1cc(C(F)(F)F)ncc1[N+](=O)[O-]. The van der Waals surface area contributed by atoms with Gasteiger partial charge >= 0.3 is 11.9 Å². The van der Waals surface area contributed by atoms with Crippen molar-refractivity contribution in [2.45, 2.75) is 13.1 Å². The third-order valence-corrected chi connectivity index (χ3v) is 2.65. The minimum atomic E-state index is -4.68. The van der Waals surface area contributed by atoms with E-state index in [4.69, 9.17) is 0 Å². The minimum absolute atomic E-state index is 0.293. The summed E-state index contributed by atoms with van der Waals surface area (Å²) in [7, 11) is 1.63. The van der Waals surface area contributed by atoms with Gasteiger partial charge in [0.15, 0.2) is 0 Å². The van der Waals surface area contributed by atoms with E-state index in [9.17, 15) is 23.3 Å². The molecule has 2 aromatic heterocycles. The van der Waals surface area contributed by atoms with Gasteiger partial charge in [-0.05, 0) is 13.0 Å². The number of nitro groups is 1. The zero-order valence-electron chi connectivity index (χ0n) is 11.0. The summed E-state index contributed by atoms with van der Waals surface area (Å²) < 4.78 is 39.4. The van der Waals surface area contributed by atoms with Crippen LogP contribution in [0.1, 0.15) is 11.4 Å². The van der Waals surface area contributed by atoms with Crippen LogP contribution in [0.15, 0.2) is 18.5 Å². The van der Waals surface area contributed by atoms with E-state index in [1.165, 1.54) is 10.9 Å². The van der Waals surface area contributed by atoms with Gasteiger partial charge in [0.2, 0.25) is 0 Å². The number of alkyl halides is 3. The van der Waals surface area contributed by atoms with E-state index in [2.05, 4.69) is 15.4 Å². The third kappa shape index (κ3) is 3.09. The summed E-state index contributed by atoms with van der Waals surface area (Å²) in [5.41, 5.74) is -1.18. The minimum Gasteiger partial charge on any atom is -0.347 e. The molecule has 21 heavy (non-hydrogen) atoms. The van der Waals surface area contributed by atoms with Crippen LogP contribution >= 0.6 is 0 Å². The molecule has 112 valence electrons. The molecule has 0 atom stereocenters. The second-order valence-electron chi connectivity index (χ2n) is 4.27. The molecule has 0 radical (unpaired) electrons. The molecule has 2 rings (SSSR count). The van der Waals surface area contributed by atoms with Gasteiger partial charge in [0.25, 0.3) is 0 Å². The average molecular weight is 301 g/mol. The van der Waals surface area contributed by atoms with Crippen LogP contribution in [0.25, 0.3) is 0 Å². The molecule has 0 saturated carbocycles. The highest BCUT2D eigenvalue weighted by Crippen LogP contribution is 2.34. The number of aryl methyl sites for hydroxylation is 2. The van der Waals surface area contributed by atoms with E-state index in [0.29, 0.717) is 23.6 Å². The normalized spacial score (nSPS) is 11.5. The number of nitrogens with zero attached hydrogens (tertiary/aromatic N) is 4. The Morgan fingerprint density at radius 3 is 2.52 bits per heavy atom. The van der Waals surface area contributed by atoms with E-state index in [1.807, 2.05) is 0 Å². The number of aromatic nitrogens is 3. The molecule has 0 aliphatic carbocycles. The fraction of sp³-hybridized carbons (Fsp3) is 0.273. The van der Waals surface area contributed by atoms with Crippen LogP contribution in [0.4, 0.5) is 30.2 Å². The molecule has 10 heteroatoms. The molecule has 0 aliphatic rings. The van der Waals surface area contributed by atoms with Crippen LogP contribution in [0.2, 0.25) is 0 Å². The highest BCUT2D eigenvalue weighted by Gasteiger charge is 2.34. The van der Waals surface area contributed by atoms with Gasteiger partial charge < -0.3 is 5.32 Å². The number of halogens is 3. The molecular formula is C11H10F3N5O2. The Balaban J connectivity index is 2.49. The van der Waals surface area contributed by atoms with Gasteiger partial charge in [0, 0.05) is 13.2 Å². The summed E-state index contributed by atoms with van der Waals surface area (Å²) in [6.45, 7) is 1.63. The number of hydrogen-bond donors (Lipinski definition) is 1. The van der Waals surface area contributed by atoms with Crippen LogP contribution in [0.5, 0.6) is 0 Å². The fourth-order valence-corrected chi connectivity index (χ4v) is 1.72. The second-order valence-corrected chi connectivity index (χ2v) is 4.27. The first kappa shape index (κ1) is 14.8. The van der Waals surface area contributed by atoms with Crippen LogP contribution in [0, 0.1) is 17.0 Å². The summed E-state index contributed by atoms with van der Waals surface area (Å²) in [5, 5.41) is 17.5. The Kier molecular flexibility index (Phi) is 3.54. The van der Waals surface area contributed by atoms with Gasteiger partial charge in [-0.1, -0.05) is 0 Å². The molecular weight excluding hydrogens is 291 g/mol. The molecule has 0 fully saturated rings. The first-order valence-electron chi connectivity index (χ1n) is 5.67. The quantitative estimate of drug-likeness (QED) is 0.696. The lowest BCUT2D eigenvalue weighted by atomic mass is 10.2. The Hall–Kier alpha value is -2.65. The Morgan fingerprint density at radius 2 is 2.05 bits per heavy atom. The Morgan fingerprint density at radius 1 is 1.38 bits per heavy atom.